The molecule has 0 amide bonds. The van der Waals surface area contributed by atoms with Crippen LogP contribution in [0.1, 0.15) is 42.7 Å². The van der Waals surface area contributed by atoms with E-state index in [1.165, 1.54) is 6.07 Å². The molecule has 1 aromatic rings. The van der Waals surface area contributed by atoms with Crippen LogP contribution in [0, 0.1) is 6.92 Å². The molecule has 0 aromatic carbocycles. The summed E-state index contributed by atoms with van der Waals surface area (Å²) in [5.41, 5.74) is 0.574. The predicted molar refractivity (Wildman–Crippen MR) is 65.9 cm³/mol. The second-order valence-electron chi connectivity index (χ2n) is 3.79. The first-order valence-electron chi connectivity index (χ1n) is 5.56. The fraction of sp³-hybridized carbons (Fsp3) is 0.500. The summed E-state index contributed by atoms with van der Waals surface area (Å²) in [4.78, 5) is 15.2. The predicted octanol–water partition coefficient (Wildman–Crippen LogP) is 3.31. The van der Waals surface area contributed by atoms with Gasteiger partial charge in [0, 0.05) is 5.69 Å². The molecule has 0 unspecified atom stereocenters. The topological polar surface area (TPSA) is 59.4 Å². The molecule has 0 fully saturated rings. The van der Waals surface area contributed by atoms with Crippen molar-refractivity contribution in [2.45, 2.75) is 39.7 Å². The van der Waals surface area contributed by atoms with Gasteiger partial charge in [-0.1, -0.05) is 25.4 Å². The van der Waals surface area contributed by atoms with E-state index >= 15 is 0 Å². The summed E-state index contributed by atoms with van der Waals surface area (Å²) in [5.74, 6) is -1.01. The van der Waals surface area contributed by atoms with Crippen LogP contribution in [0.15, 0.2) is 6.07 Å². The number of carboxylic acids is 1. The average molecular weight is 258 g/mol. The SMILES string of the molecule is CCC(CC)Oc1nc(C)cc(Cl)c1C(=O)O. The number of nitrogens with zero attached hydrogens (tertiary/aromatic N) is 1. The molecule has 94 valence electrons. The van der Waals surface area contributed by atoms with Gasteiger partial charge in [0.2, 0.25) is 5.88 Å². The highest BCUT2D eigenvalue weighted by Crippen LogP contribution is 2.27. The van der Waals surface area contributed by atoms with Gasteiger partial charge in [-0.15, -0.1) is 0 Å². The van der Waals surface area contributed by atoms with Crippen molar-refractivity contribution in [2.24, 2.45) is 0 Å². The van der Waals surface area contributed by atoms with Crippen LogP contribution >= 0.6 is 11.6 Å². The number of pyridine rings is 1. The molecule has 1 N–H and O–H groups in total. The monoisotopic (exact) mass is 257 g/mol. The Bertz CT molecular complexity index is 416. The zero-order chi connectivity index (χ0) is 13.0. The summed E-state index contributed by atoms with van der Waals surface area (Å²) >= 11 is 5.90. The molecule has 0 aliphatic heterocycles. The molecule has 5 heteroatoms. The number of aryl methyl sites for hydroxylation is 1. The Morgan fingerprint density at radius 2 is 2.12 bits per heavy atom. The van der Waals surface area contributed by atoms with Crippen molar-refractivity contribution >= 4 is 17.6 Å². The lowest BCUT2D eigenvalue weighted by molar-refractivity contribution is 0.0687. The Balaban J connectivity index is 3.16. The number of halogens is 1. The molecule has 0 aliphatic carbocycles. The van der Waals surface area contributed by atoms with Crippen LogP contribution in [0.4, 0.5) is 0 Å². The lowest BCUT2D eigenvalue weighted by Gasteiger charge is -2.17. The van der Waals surface area contributed by atoms with Crippen molar-refractivity contribution in [2.75, 3.05) is 0 Å². The molecule has 1 aromatic heterocycles. The Kier molecular flexibility index (Phi) is 4.75. The summed E-state index contributed by atoms with van der Waals surface area (Å²) in [6.45, 7) is 5.70. The van der Waals surface area contributed by atoms with Crippen molar-refractivity contribution in [3.8, 4) is 5.88 Å². The number of aromatic nitrogens is 1. The van der Waals surface area contributed by atoms with E-state index in [0.717, 1.165) is 12.8 Å². The van der Waals surface area contributed by atoms with Gasteiger partial charge in [-0.2, -0.15) is 0 Å². The third-order valence-corrected chi connectivity index (χ3v) is 2.77. The molecular weight excluding hydrogens is 242 g/mol. The average Bonchev–Trinajstić information content (AvgIpc) is 2.24. The summed E-state index contributed by atoms with van der Waals surface area (Å²) in [6.07, 6.45) is 1.55. The second kappa shape index (κ2) is 5.87. The molecule has 0 spiro atoms. The van der Waals surface area contributed by atoms with Gasteiger partial charge in [0.15, 0.2) is 0 Å². The number of aromatic carboxylic acids is 1. The van der Waals surface area contributed by atoms with E-state index in [0.29, 0.717) is 5.69 Å². The number of hydrogen-bond acceptors (Lipinski definition) is 3. The molecule has 0 saturated carbocycles. The molecule has 4 nitrogen and oxygen atoms in total. The second-order valence-corrected chi connectivity index (χ2v) is 4.19. The quantitative estimate of drug-likeness (QED) is 0.879. The maximum Gasteiger partial charge on any atom is 0.342 e. The number of carboxylic acid groups (broad SMARTS) is 1. The minimum Gasteiger partial charge on any atom is -0.477 e. The maximum atomic E-state index is 11.1. The Morgan fingerprint density at radius 1 is 1.53 bits per heavy atom. The van der Waals surface area contributed by atoms with Gasteiger partial charge >= 0.3 is 5.97 Å². The van der Waals surface area contributed by atoms with E-state index in [1.54, 1.807) is 6.92 Å². The van der Waals surface area contributed by atoms with Crippen LogP contribution in [0.2, 0.25) is 5.02 Å². The van der Waals surface area contributed by atoms with Crippen LogP contribution in [0.5, 0.6) is 5.88 Å². The fourth-order valence-electron chi connectivity index (χ4n) is 1.50. The summed E-state index contributed by atoms with van der Waals surface area (Å²) < 4.78 is 5.59. The van der Waals surface area contributed by atoms with Crippen LogP contribution in [0.3, 0.4) is 0 Å². The fourth-order valence-corrected chi connectivity index (χ4v) is 1.82. The van der Waals surface area contributed by atoms with Crippen molar-refractivity contribution in [3.63, 3.8) is 0 Å². The molecular formula is C12H16ClNO3. The molecule has 0 bridgehead atoms. The van der Waals surface area contributed by atoms with Crippen molar-refractivity contribution in [3.05, 3.63) is 22.3 Å². The van der Waals surface area contributed by atoms with Crippen molar-refractivity contribution in [1.29, 1.82) is 0 Å². The summed E-state index contributed by atoms with van der Waals surface area (Å²) in [5, 5.41) is 9.25. The number of rotatable bonds is 5. The molecule has 1 heterocycles. The number of ether oxygens (including phenoxy) is 1. The van der Waals surface area contributed by atoms with Crippen molar-refractivity contribution < 1.29 is 14.6 Å². The Hall–Kier alpha value is -1.29. The Labute approximate surface area is 106 Å². The lowest BCUT2D eigenvalue weighted by Crippen LogP contribution is -2.17. The molecule has 0 atom stereocenters. The molecule has 0 aliphatic rings. The van der Waals surface area contributed by atoms with Gasteiger partial charge in [0.25, 0.3) is 0 Å². The zero-order valence-electron chi connectivity index (χ0n) is 10.2. The van der Waals surface area contributed by atoms with Gasteiger partial charge in [0.1, 0.15) is 5.56 Å². The highest BCUT2D eigenvalue weighted by Gasteiger charge is 2.20. The van der Waals surface area contributed by atoms with E-state index in [9.17, 15) is 4.79 Å². The largest absolute Gasteiger partial charge is 0.477 e. The van der Waals surface area contributed by atoms with Crippen LogP contribution < -0.4 is 4.74 Å². The highest BCUT2D eigenvalue weighted by molar-refractivity contribution is 6.33. The first-order valence-corrected chi connectivity index (χ1v) is 5.94. The number of hydrogen-bond donors (Lipinski definition) is 1. The highest BCUT2D eigenvalue weighted by atomic mass is 35.5. The van der Waals surface area contributed by atoms with E-state index < -0.39 is 5.97 Å². The smallest absolute Gasteiger partial charge is 0.342 e. The normalized spacial score (nSPS) is 10.6. The van der Waals surface area contributed by atoms with E-state index in [1.807, 2.05) is 13.8 Å². The van der Waals surface area contributed by atoms with E-state index in [-0.39, 0.29) is 22.6 Å². The van der Waals surface area contributed by atoms with Crippen molar-refractivity contribution in [1.82, 2.24) is 4.98 Å². The van der Waals surface area contributed by atoms with Crippen LogP contribution in [-0.4, -0.2) is 22.2 Å². The van der Waals surface area contributed by atoms with Crippen LogP contribution in [-0.2, 0) is 0 Å². The summed E-state index contributed by atoms with van der Waals surface area (Å²) in [7, 11) is 0. The molecule has 0 saturated heterocycles. The minimum absolute atomic E-state index is 0.0431. The molecule has 1 rings (SSSR count). The van der Waals surface area contributed by atoms with Gasteiger partial charge in [-0.25, -0.2) is 9.78 Å². The van der Waals surface area contributed by atoms with E-state index in [4.69, 9.17) is 21.4 Å². The maximum absolute atomic E-state index is 11.1. The van der Waals surface area contributed by atoms with Gasteiger partial charge in [-0.05, 0) is 25.8 Å². The first kappa shape index (κ1) is 13.8. The van der Waals surface area contributed by atoms with Gasteiger partial charge in [0.05, 0.1) is 11.1 Å². The van der Waals surface area contributed by atoms with E-state index in [2.05, 4.69) is 4.98 Å². The van der Waals surface area contributed by atoms with Gasteiger partial charge < -0.3 is 9.84 Å². The third-order valence-electron chi connectivity index (χ3n) is 2.47. The van der Waals surface area contributed by atoms with Crippen LogP contribution in [0.25, 0.3) is 0 Å². The number of carbonyl (C=O) groups is 1. The lowest BCUT2D eigenvalue weighted by atomic mass is 10.2. The Morgan fingerprint density at radius 3 is 2.59 bits per heavy atom. The van der Waals surface area contributed by atoms with Gasteiger partial charge in [-0.3, -0.25) is 0 Å². The third kappa shape index (κ3) is 3.33. The minimum atomic E-state index is -1.12. The summed E-state index contributed by atoms with van der Waals surface area (Å²) in [6, 6.07) is 1.52. The molecule has 17 heavy (non-hydrogen) atoms. The molecule has 0 radical (unpaired) electrons. The standard InChI is InChI=1S/C12H16ClNO3/c1-4-8(5-2)17-11-10(12(15)16)9(13)6-7(3)14-11/h6,8H,4-5H2,1-3H3,(H,15,16). The zero-order valence-corrected chi connectivity index (χ0v) is 10.9. The first-order chi connectivity index (χ1) is 7.99.